The zero-order valence-electron chi connectivity index (χ0n) is 21.0. The van der Waals surface area contributed by atoms with Gasteiger partial charge in [-0.05, 0) is 31.0 Å². The number of aromatic nitrogens is 5. The highest BCUT2D eigenvalue weighted by atomic mass is 16.2. The molecule has 2 aliphatic rings. The number of rotatable bonds is 3. The van der Waals surface area contributed by atoms with Gasteiger partial charge >= 0.3 is 6.03 Å². The Bertz CT molecular complexity index is 1580. The lowest BCUT2D eigenvalue weighted by Gasteiger charge is -2.37. The first-order valence-corrected chi connectivity index (χ1v) is 12.6. The molecule has 4 aromatic heterocycles. The molecule has 0 saturated carbocycles. The van der Waals surface area contributed by atoms with E-state index in [1.54, 1.807) is 26.5 Å². The lowest BCUT2D eigenvalue weighted by molar-refractivity contribution is 0.152. The summed E-state index contributed by atoms with van der Waals surface area (Å²) in [6.45, 7) is 3.18. The number of fused-ring (bicyclic) bond motifs is 1. The fraction of sp³-hybridized carbons (Fsp3) is 0.333. The second-order valence-electron chi connectivity index (χ2n) is 9.65. The van der Waals surface area contributed by atoms with Crippen molar-refractivity contribution in [3.8, 4) is 34.4 Å². The second kappa shape index (κ2) is 9.52. The molecule has 2 amide bonds. The topological polar surface area (TPSA) is 122 Å². The molecular weight excluding hydrogens is 480 g/mol. The van der Waals surface area contributed by atoms with Crippen LogP contribution in [-0.2, 0) is 7.05 Å². The first kappa shape index (κ1) is 23.5. The Morgan fingerprint density at radius 3 is 2.50 bits per heavy atom. The van der Waals surface area contributed by atoms with E-state index in [4.69, 9.17) is 4.98 Å². The Labute approximate surface area is 219 Å². The minimum absolute atomic E-state index is 0.0383. The standard InChI is InChI=1S/C27H26N10O/c1-33-17-22(16-31-33)20-11-24(26-21(12-28)15-32-37(26)18-20)19-4-5-25(30-14-19)34-7-9-35(10-8-34)27(38)36-6-2-3-23(36)13-29/h4-5,11,14-18,23H,2-3,6-10H2,1H3. The van der Waals surface area contributed by atoms with E-state index in [1.807, 2.05) is 48.7 Å². The van der Waals surface area contributed by atoms with E-state index in [2.05, 4.69) is 27.2 Å². The highest BCUT2D eigenvalue weighted by Crippen LogP contribution is 2.32. The van der Waals surface area contributed by atoms with Crippen LogP contribution in [0.25, 0.3) is 27.8 Å². The van der Waals surface area contributed by atoms with Crippen LogP contribution in [0.1, 0.15) is 18.4 Å². The predicted molar refractivity (Wildman–Crippen MR) is 140 cm³/mol. The van der Waals surface area contributed by atoms with Crippen LogP contribution in [-0.4, -0.2) is 79.0 Å². The molecule has 0 N–H and O–H groups in total. The summed E-state index contributed by atoms with van der Waals surface area (Å²) in [5.74, 6) is 0.838. The minimum atomic E-state index is -0.310. The van der Waals surface area contributed by atoms with Crippen molar-refractivity contribution in [2.45, 2.75) is 18.9 Å². The average Bonchev–Trinajstić information content (AvgIpc) is 3.71. The number of carbonyl (C=O) groups is 1. The molecule has 0 radical (unpaired) electrons. The van der Waals surface area contributed by atoms with E-state index < -0.39 is 0 Å². The van der Waals surface area contributed by atoms with Crippen LogP contribution in [0.2, 0.25) is 0 Å². The number of hydrogen-bond donors (Lipinski definition) is 0. The molecule has 4 aromatic rings. The summed E-state index contributed by atoms with van der Waals surface area (Å²) in [5.41, 5.74) is 4.88. The summed E-state index contributed by atoms with van der Waals surface area (Å²) < 4.78 is 3.48. The SMILES string of the molecule is Cn1cc(-c2cc(-c3ccc(N4CCN(C(=O)N5CCCC5C#N)CC4)nc3)c3c(C#N)cnn3c2)cn1. The highest BCUT2D eigenvalue weighted by Gasteiger charge is 2.33. The molecule has 2 fully saturated rings. The van der Waals surface area contributed by atoms with E-state index in [0.29, 0.717) is 38.3 Å². The lowest BCUT2D eigenvalue weighted by atomic mass is 10.0. The van der Waals surface area contributed by atoms with Gasteiger partial charge in [0.2, 0.25) is 0 Å². The molecule has 6 heterocycles. The number of anilines is 1. The summed E-state index contributed by atoms with van der Waals surface area (Å²) >= 11 is 0. The van der Waals surface area contributed by atoms with E-state index in [1.165, 1.54) is 0 Å². The van der Waals surface area contributed by atoms with Gasteiger partial charge in [-0.3, -0.25) is 4.68 Å². The molecular formula is C27H26N10O. The van der Waals surface area contributed by atoms with E-state index in [0.717, 1.165) is 46.4 Å². The molecule has 0 spiro atoms. The summed E-state index contributed by atoms with van der Waals surface area (Å²) in [5, 5.41) is 27.7. The Balaban J connectivity index is 1.23. The maximum atomic E-state index is 12.9. The largest absolute Gasteiger partial charge is 0.353 e. The predicted octanol–water partition coefficient (Wildman–Crippen LogP) is 2.90. The highest BCUT2D eigenvalue weighted by molar-refractivity contribution is 5.87. The summed E-state index contributed by atoms with van der Waals surface area (Å²) in [6, 6.07) is 10.2. The number of aryl methyl sites for hydroxylation is 1. The van der Waals surface area contributed by atoms with E-state index >= 15 is 0 Å². The van der Waals surface area contributed by atoms with Crippen molar-refractivity contribution in [3.63, 3.8) is 0 Å². The number of amides is 2. The minimum Gasteiger partial charge on any atom is -0.353 e. The number of urea groups is 1. The van der Waals surface area contributed by atoms with Gasteiger partial charge in [0.25, 0.3) is 0 Å². The molecule has 11 heteroatoms. The molecule has 6 rings (SSSR count). The van der Waals surface area contributed by atoms with Crippen LogP contribution in [0.15, 0.2) is 49.2 Å². The van der Waals surface area contributed by atoms with Crippen LogP contribution in [0.3, 0.4) is 0 Å². The molecule has 0 aliphatic carbocycles. The van der Waals surface area contributed by atoms with Gasteiger partial charge in [-0.25, -0.2) is 14.3 Å². The van der Waals surface area contributed by atoms with Gasteiger partial charge in [-0.2, -0.15) is 20.7 Å². The second-order valence-corrected chi connectivity index (χ2v) is 9.65. The van der Waals surface area contributed by atoms with Crippen molar-refractivity contribution in [2.75, 3.05) is 37.6 Å². The quantitative estimate of drug-likeness (QED) is 0.419. The molecule has 11 nitrogen and oxygen atoms in total. The van der Waals surface area contributed by atoms with Crippen LogP contribution in [0, 0.1) is 22.7 Å². The average molecular weight is 507 g/mol. The maximum absolute atomic E-state index is 12.9. The van der Waals surface area contributed by atoms with Crippen LogP contribution >= 0.6 is 0 Å². The maximum Gasteiger partial charge on any atom is 0.321 e. The number of hydrogen-bond acceptors (Lipinski definition) is 7. The Hall–Kier alpha value is -4.90. The third-order valence-electron chi connectivity index (χ3n) is 7.35. The van der Waals surface area contributed by atoms with Gasteiger partial charge in [-0.15, -0.1) is 0 Å². The molecule has 0 aromatic carbocycles. The number of pyridine rings is 2. The van der Waals surface area contributed by atoms with Crippen LogP contribution in [0.5, 0.6) is 0 Å². The number of carbonyl (C=O) groups excluding carboxylic acids is 1. The third-order valence-corrected chi connectivity index (χ3v) is 7.35. The zero-order valence-corrected chi connectivity index (χ0v) is 21.0. The molecule has 0 bridgehead atoms. The molecule has 1 atom stereocenters. The number of nitrogens with zero attached hydrogens (tertiary/aromatic N) is 10. The normalized spacial score (nSPS) is 17.6. The van der Waals surface area contributed by atoms with Gasteiger partial charge in [0.1, 0.15) is 17.9 Å². The number of likely N-dealkylation sites (tertiary alicyclic amines) is 1. The van der Waals surface area contributed by atoms with Crippen LogP contribution < -0.4 is 4.90 Å². The van der Waals surface area contributed by atoms with Crippen molar-refractivity contribution in [1.82, 2.24) is 34.2 Å². The van der Waals surface area contributed by atoms with Gasteiger partial charge in [0.15, 0.2) is 0 Å². The van der Waals surface area contributed by atoms with Crippen molar-refractivity contribution in [3.05, 3.63) is 54.7 Å². The Kier molecular flexibility index (Phi) is 5.89. The van der Waals surface area contributed by atoms with Gasteiger partial charge in [0, 0.05) is 80.6 Å². The van der Waals surface area contributed by atoms with Gasteiger partial charge < -0.3 is 14.7 Å². The third kappa shape index (κ3) is 4.08. The first-order chi connectivity index (χ1) is 18.6. The van der Waals surface area contributed by atoms with E-state index in [9.17, 15) is 15.3 Å². The smallest absolute Gasteiger partial charge is 0.321 e. The van der Waals surface area contributed by atoms with Crippen molar-refractivity contribution in [1.29, 1.82) is 10.5 Å². The number of piperazine rings is 1. The summed E-state index contributed by atoms with van der Waals surface area (Å²) in [4.78, 5) is 23.4. The molecule has 38 heavy (non-hydrogen) atoms. The monoisotopic (exact) mass is 506 g/mol. The summed E-state index contributed by atoms with van der Waals surface area (Å²) in [7, 11) is 1.87. The van der Waals surface area contributed by atoms with Crippen molar-refractivity contribution < 1.29 is 4.79 Å². The molecule has 2 saturated heterocycles. The Morgan fingerprint density at radius 1 is 0.974 bits per heavy atom. The van der Waals surface area contributed by atoms with E-state index in [-0.39, 0.29) is 12.1 Å². The molecule has 1 unspecified atom stereocenters. The fourth-order valence-corrected chi connectivity index (χ4v) is 5.32. The first-order valence-electron chi connectivity index (χ1n) is 12.6. The molecule has 190 valence electrons. The van der Waals surface area contributed by atoms with Crippen molar-refractivity contribution in [2.24, 2.45) is 7.05 Å². The molecule has 2 aliphatic heterocycles. The van der Waals surface area contributed by atoms with Gasteiger partial charge in [-0.1, -0.05) is 0 Å². The Morgan fingerprint density at radius 2 is 1.82 bits per heavy atom. The van der Waals surface area contributed by atoms with Crippen molar-refractivity contribution >= 4 is 17.4 Å². The van der Waals surface area contributed by atoms with Crippen LogP contribution in [0.4, 0.5) is 10.6 Å². The van der Waals surface area contributed by atoms with Gasteiger partial charge in [0.05, 0.1) is 29.5 Å². The zero-order chi connectivity index (χ0) is 26.2. The fourth-order valence-electron chi connectivity index (χ4n) is 5.32. The summed E-state index contributed by atoms with van der Waals surface area (Å²) in [6.07, 6.45) is 10.7. The lowest BCUT2D eigenvalue weighted by Crippen LogP contribution is -2.53. The number of nitriles is 2.